The average Bonchev–Trinajstić information content (AvgIpc) is 2.55. The number of aromatic nitrogens is 1. The maximum Gasteiger partial charge on any atom is 0.171 e. The van der Waals surface area contributed by atoms with Crippen LogP contribution in [0.15, 0.2) is 18.3 Å². The first-order chi connectivity index (χ1) is 10.3. The van der Waals surface area contributed by atoms with Crippen LogP contribution in [0.4, 0.5) is 5.82 Å². The third-order valence-electron chi connectivity index (χ3n) is 3.80. The highest BCUT2D eigenvalue weighted by molar-refractivity contribution is 5.52. The molecule has 0 amide bonds. The molecule has 114 valence electrons. The molecule has 1 aromatic rings. The monoisotopic (exact) mass is 288 g/mol. The van der Waals surface area contributed by atoms with Crippen LogP contribution in [0.5, 0.6) is 5.75 Å². The Morgan fingerprint density at radius 2 is 2.10 bits per heavy atom. The van der Waals surface area contributed by atoms with Gasteiger partial charge in [0.25, 0.3) is 0 Å². The molecule has 1 aliphatic heterocycles. The number of pyridine rings is 1. The van der Waals surface area contributed by atoms with Gasteiger partial charge in [-0.2, -0.15) is 5.26 Å². The Morgan fingerprint density at radius 3 is 2.71 bits per heavy atom. The summed E-state index contributed by atoms with van der Waals surface area (Å²) in [7, 11) is 0. The predicted molar refractivity (Wildman–Crippen MR) is 83.5 cm³/mol. The third-order valence-corrected chi connectivity index (χ3v) is 3.80. The molecular formula is C16H24N4O. The first-order valence-electron chi connectivity index (χ1n) is 7.76. The molecule has 1 saturated heterocycles. The van der Waals surface area contributed by atoms with Crippen LogP contribution < -0.4 is 9.64 Å². The van der Waals surface area contributed by atoms with Gasteiger partial charge in [-0.1, -0.05) is 13.8 Å². The molecule has 1 aromatic heterocycles. The number of nitrogens with zero attached hydrogens (tertiary/aromatic N) is 4. The Labute approximate surface area is 127 Å². The van der Waals surface area contributed by atoms with Crippen molar-refractivity contribution in [3.63, 3.8) is 0 Å². The summed E-state index contributed by atoms with van der Waals surface area (Å²) < 4.78 is 5.79. The van der Waals surface area contributed by atoms with Gasteiger partial charge in [-0.05, 0) is 25.0 Å². The molecule has 1 aliphatic rings. The molecule has 0 aliphatic carbocycles. The van der Waals surface area contributed by atoms with Gasteiger partial charge in [0.15, 0.2) is 11.6 Å². The van der Waals surface area contributed by atoms with Gasteiger partial charge >= 0.3 is 0 Å². The van der Waals surface area contributed by atoms with Crippen molar-refractivity contribution in [2.45, 2.75) is 32.7 Å². The summed E-state index contributed by atoms with van der Waals surface area (Å²) in [4.78, 5) is 8.99. The van der Waals surface area contributed by atoms with Gasteiger partial charge in [0.05, 0.1) is 18.7 Å². The van der Waals surface area contributed by atoms with Crippen molar-refractivity contribution >= 4 is 5.82 Å². The van der Waals surface area contributed by atoms with Crippen molar-refractivity contribution in [1.82, 2.24) is 9.88 Å². The maximum absolute atomic E-state index is 9.16. The Balaban J connectivity index is 2.00. The summed E-state index contributed by atoms with van der Waals surface area (Å²) in [5.41, 5.74) is 0. The van der Waals surface area contributed by atoms with Gasteiger partial charge in [0.2, 0.25) is 0 Å². The number of ether oxygens (including phenoxy) is 1. The minimum atomic E-state index is 0.0340. The van der Waals surface area contributed by atoms with Crippen molar-refractivity contribution in [3.05, 3.63) is 18.3 Å². The summed E-state index contributed by atoms with van der Waals surface area (Å²) in [6, 6.07) is 6.31. The molecule has 2 heterocycles. The van der Waals surface area contributed by atoms with Gasteiger partial charge < -0.3 is 9.64 Å². The van der Waals surface area contributed by atoms with E-state index in [1.807, 2.05) is 18.3 Å². The average molecular weight is 288 g/mol. The van der Waals surface area contributed by atoms with Gasteiger partial charge in [-0.25, -0.2) is 4.98 Å². The lowest BCUT2D eigenvalue weighted by Crippen LogP contribution is -2.50. The molecular weight excluding hydrogens is 264 g/mol. The standard InChI is InChI=1S/C16H24N4O/c1-3-12-21-15-6-5-7-18-16(15)20-10-8-19(9-11-20)14(4-2)13-17/h5-7,14H,3-4,8-12H2,1-2H3. The second kappa shape index (κ2) is 7.84. The predicted octanol–water partition coefficient (Wildman–Crippen LogP) is 2.29. The summed E-state index contributed by atoms with van der Waals surface area (Å²) in [5.74, 6) is 1.79. The fourth-order valence-electron chi connectivity index (χ4n) is 2.62. The fourth-order valence-corrected chi connectivity index (χ4v) is 2.62. The highest BCUT2D eigenvalue weighted by Crippen LogP contribution is 2.26. The Kier molecular flexibility index (Phi) is 5.82. The molecule has 0 spiro atoms. The molecule has 21 heavy (non-hydrogen) atoms. The topological polar surface area (TPSA) is 52.4 Å². The lowest BCUT2D eigenvalue weighted by molar-refractivity contribution is 0.215. The van der Waals surface area contributed by atoms with Crippen molar-refractivity contribution in [2.75, 3.05) is 37.7 Å². The summed E-state index contributed by atoms with van der Waals surface area (Å²) in [5, 5.41) is 9.16. The maximum atomic E-state index is 9.16. The van der Waals surface area contributed by atoms with Crippen molar-refractivity contribution in [3.8, 4) is 11.8 Å². The molecule has 0 N–H and O–H groups in total. The normalized spacial score (nSPS) is 17.3. The largest absolute Gasteiger partial charge is 0.490 e. The van der Waals surface area contributed by atoms with E-state index in [1.54, 1.807) is 0 Å². The van der Waals surface area contributed by atoms with E-state index in [2.05, 4.69) is 34.7 Å². The minimum absolute atomic E-state index is 0.0340. The summed E-state index contributed by atoms with van der Waals surface area (Å²) in [6.45, 7) is 8.45. The lowest BCUT2D eigenvalue weighted by Gasteiger charge is -2.37. The fraction of sp³-hybridized carbons (Fsp3) is 0.625. The van der Waals surface area contributed by atoms with E-state index in [-0.39, 0.29) is 6.04 Å². The lowest BCUT2D eigenvalue weighted by atomic mass is 10.2. The van der Waals surface area contributed by atoms with Crippen molar-refractivity contribution in [1.29, 1.82) is 5.26 Å². The summed E-state index contributed by atoms with van der Waals surface area (Å²) >= 11 is 0. The van der Waals surface area contributed by atoms with Gasteiger partial charge in [-0.3, -0.25) is 4.90 Å². The molecule has 0 aromatic carbocycles. The zero-order valence-corrected chi connectivity index (χ0v) is 13.0. The van der Waals surface area contributed by atoms with Crippen LogP contribution in [0.2, 0.25) is 0 Å². The van der Waals surface area contributed by atoms with E-state index in [4.69, 9.17) is 10.00 Å². The van der Waals surface area contributed by atoms with Crippen LogP contribution in [0, 0.1) is 11.3 Å². The van der Waals surface area contributed by atoms with E-state index in [0.717, 1.165) is 50.6 Å². The van der Waals surface area contributed by atoms with Crippen molar-refractivity contribution in [2.24, 2.45) is 0 Å². The molecule has 0 radical (unpaired) electrons. The van der Waals surface area contributed by atoms with Crippen LogP contribution >= 0.6 is 0 Å². The van der Waals surface area contributed by atoms with E-state index < -0.39 is 0 Å². The smallest absolute Gasteiger partial charge is 0.171 e. The van der Waals surface area contributed by atoms with Gasteiger partial charge in [0.1, 0.15) is 0 Å². The Morgan fingerprint density at radius 1 is 1.33 bits per heavy atom. The number of rotatable bonds is 6. The second-order valence-corrected chi connectivity index (χ2v) is 5.25. The van der Waals surface area contributed by atoms with Gasteiger partial charge in [0, 0.05) is 32.4 Å². The quantitative estimate of drug-likeness (QED) is 0.804. The van der Waals surface area contributed by atoms with E-state index in [1.165, 1.54) is 0 Å². The Hall–Kier alpha value is -1.80. The molecule has 1 unspecified atom stereocenters. The van der Waals surface area contributed by atoms with E-state index in [9.17, 15) is 0 Å². The van der Waals surface area contributed by atoms with Crippen molar-refractivity contribution < 1.29 is 4.74 Å². The number of hydrogen-bond acceptors (Lipinski definition) is 5. The van der Waals surface area contributed by atoms with Crippen LogP contribution in [-0.2, 0) is 0 Å². The number of nitriles is 1. The molecule has 5 nitrogen and oxygen atoms in total. The van der Waals surface area contributed by atoms with E-state index >= 15 is 0 Å². The molecule has 5 heteroatoms. The molecule has 2 rings (SSSR count). The van der Waals surface area contributed by atoms with Crippen LogP contribution in [0.3, 0.4) is 0 Å². The zero-order valence-electron chi connectivity index (χ0n) is 13.0. The third kappa shape index (κ3) is 3.85. The summed E-state index contributed by atoms with van der Waals surface area (Å²) in [6.07, 6.45) is 3.68. The van der Waals surface area contributed by atoms with Gasteiger partial charge in [-0.15, -0.1) is 0 Å². The zero-order chi connectivity index (χ0) is 15.1. The van der Waals surface area contributed by atoms with Crippen LogP contribution in [0.1, 0.15) is 26.7 Å². The number of anilines is 1. The highest BCUT2D eigenvalue weighted by Gasteiger charge is 2.24. The minimum Gasteiger partial charge on any atom is -0.490 e. The second-order valence-electron chi connectivity index (χ2n) is 5.25. The molecule has 0 saturated carbocycles. The first kappa shape index (κ1) is 15.6. The Bertz CT molecular complexity index is 477. The number of piperazine rings is 1. The molecule has 0 bridgehead atoms. The number of hydrogen-bond donors (Lipinski definition) is 0. The SMILES string of the molecule is CCCOc1cccnc1N1CCN(C(C#N)CC)CC1. The first-order valence-corrected chi connectivity index (χ1v) is 7.76. The van der Waals surface area contributed by atoms with Crippen LogP contribution in [0.25, 0.3) is 0 Å². The van der Waals surface area contributed by atoms with E-state index in [0.29, 0.717) is 6.61 Å². The van der Waals surface area contributed by atoms with Crippen LogP contribution in [-0.4, -0.2) is 48.7 Å². The molecule has 1 atom stereocenters. The molecule has 1 fully saturated rings. The highest BCUT2D eigenvalue weighted by atomic mass is 16.5.